The van der Waals surface area contributed by atoms with E-state index in [0.29, 0.717) is 13.2 Å². The lowest BCUT2D eigenvalue weighted by molar-refractivity contribution is -0.250. The van der Waals surface area contributed by atoms with E-state index >= 15 is 0 Å². The first-order valence-electron chi connectivity index (χ1n) is 16.9. The van der Waals surface area contributed by atoms with Gasteiger partial charge in [0.2, 0.25) is 0 Å². The van der Waals surface area contributed by atoms with Crippen molar-refractivity contribution in [3.05, 3.63) is 60.7 Å². The van der Waals surface area contributed by atoms with E-state index in [9.17, 15) is 10.2 Å². The molecule has 0 radical (unpaired) electrons. The van der Waals surface area contributed by atoms with Crippen LogP contribution >= 0.6 is 0 Å². The van der Waals surface area contributed by atoms with Gasteiger partial charge >= 0.3 is 0 Å². The molecule has 1 saturated heterocycles. The third-order valence-corrected chi connectivity index (χ3v) is 17.7. The SMILES string of the molecule is CC(C)(C)[Si](O[C@H]1CC[C@](C)([C@H]2CC[C@@]3(C)[C@@H](CCC34OCCO4)[C@@H]2O)[C@@H](CCO)C1)(c1ccccc1)c1ccccc1. The highest BCUT2D eigenvalue weighted by molar-refractivity contribution is 6.99. The van der Waals surface area contributed by atoms with Crippen molar-refractivity contribution in [2.75, 3.05) is 19.8 Å². The van der Waals surface area contributed by atoms with Gasteiger partial charge in [0.15, 0.2) is 5.79 Å². The van der Waals surface area contributed by atoms with E-state index in [-0.39, 0.29) is 52.4 Å². The minimum Gasteiger partial charge on any atom is -0.404 e. The van der Waals surface area contributed by atoms with Crippen LogP contribution in [-0.2, 0) is 13.9 Å². The molecule has 6 heteroatoms. The lowest BCUT2D eigenvalue weighted by atomic mass is 9.51. The van der Waals surface area contributed by atoms with Crippen molar-refractivity contribution in [1.82, 2.24) is 0 Å². The molecule has 3 saturated carbocycles. The van der Waals surface area contributed by atoms with Crippen LogP contribution in [0.2, 0.25) is 5.04 Å². The molecule has 2 aromatic carbocycles. The Morgan fingerprint density at radius 1 is 0.837 bits per heavy atom. The molecule has 1 aliphatic heterocycles. The normalized spacial score (nSPS) is 36.1. The Bertz CT molecular complexity index is 1190. The number of hydrogen-bond acceptors (Lipinski definition) is 5. The summed E-state index contributed by atoms with van der Waals surface area (Å²) in [5, 5.41) is 25.0. The van der Waals surface area contributed by atoms with Crippen LogP contribution in [0.15, 0.2) is 60.7 Å². The minimum absolute atomic E-state index is 0.0536. The van der Waals surface area contributed by atoms with Gasteiger partial charge < -0.3 is 24.1 Å². The number of aliphatic hydroxyl groups excluding tert-OH is 2. The monoisotopic (exact) mass is 606 g/mol. The molecule has 0 aromatic heterocycles. The molecule has 2 aromatic rings. The maximum Gasteiger partial charge on any atom is 0.261 e. The average molecular weight is 607 g/mol. The molecule has 1 spiro atoms. The molecule has 7 atom stereocenters. The Morgan fingerprint density at radius 3 is 1.98 bits per heavy atom. The number of hydrogen-bond donors (Lipinski definition) is 2. The lowest BCUT2D eigenvalue weighted by Gasteiger charge is -2.57. The maximum atomic E-state index is 12.1. The summed E-state index contributed by atoms with van der Waals surface area (Å²) in [4.78, 5) is 0. The summed E-state index contributed by atoms with van der Waals surface area (Å²) in [6, 6.07) is 21.9. The molecule has 0 bridgehead atoms. The third-order valence-electron chi connectivity index (χ3n) is 12.6. The number of benzene rings is 2. The minimum atomic E-state index is -2.67. The second-order valence-corrected chi connectivity index (χ2v) is 19.8. The first-order chi connectivity index (χ1) is 20.5. The summed E-state index contributed by atoms with van der Waals surface area (Å²) in [6.45, 7) is 13.2. The van der Waals surface area contributed by atoms with Crippen molar-refractivity contribution >= 4 is 18.7 Å². The highest BCUT2D eigenvalue weighted by Gasteiger charge is 2.66. The van der Waals surface area contributed by atoms with Gasteiger partial charge in [0.1, 0.15) is 0 Å². The van der Waals surface area contributed by atoms with Gasteiger partial charge in [0.25, 0.3) is 8.32 Å². The van der Waals surface area contributed by atoms with E-state index in [4.69, 9.17) is 13.9 Å². The van der Waals surface area contributed by atoms with Crippen molar-refractivity contribution in [2.24, 2.45) is 28.6 Å². The van der Waals surface area contributed by atoms with Crippen LogP contribution in [0.1, 0.15) is 86.0 Å². The predicted octanol–water partition coefficient (Wildman–Crippen LogP) is 6.05. The molecule has 3 aliphatic carbocycles. The Labute approximate surface area is 260 Å². The van der Waals surface area contributed by atoms with E-state index in [1.54, 1.807) is 0 Å². The molecule has 43 heavy (non-hydrogen) atoms. The van der Waals surface area contributed by atoms with Crippen LogP contribution in [0.25, 0.3) is 0 Å². The summed E-state index contributed by atoms with van der Waals surface area (Å²) in [7, 11) is -2.67. The lowest BCUT2D eigenvalue weighted by Crippen LogP contribution is -2.68. The van der Waals surface area contributed by atoms with Crippen molar-refractivity contribution in [2.45, 2.75) is 109 Å². The molecule has 5 nitrogen and oxygen atoms in total. The largest absolute Gasteiger partial charge is 0.404 e. The van der Waals surface area contributed by atoms with Gasteiger partial charge in [-0.15, -0.1) is 0 Å². The van der Waals surface area contributed by atoms with Crippen LogP contribution in [0.5, 0.6) is 0 Å². The summed E-state index contributed by atoms with van der Waals surface area (Å²) >= 11 is 0. The van der Waals surface area contributed by atoms with Gasteiger partial charge in [-0.2, -0.15) is 0 Å². The summed E-state index contributed by atoms with van der Waals surface area (Å²) < 4.78 is 20.1. The highest BCUT2D eigenvalue weighted by Crippen LogP contribution is 2.65. The quantitative estimate of drug-likeness (QED) is 0.376. The standard InChI is InChI=1S/C37H54O5Si/c1-34(2,3)43(29-12-8-6-9-13-29,30-14-10-7-11-15-30)42-28-16-20-35(4,27(26-28)19-23-38)31-17-21-36(5)32(33(31)39)18-22-37(36)40-24-25-41-37/h6-15,27-28,31-33,38-39H,16-26H2,1-5H3/t27-,28-,31-,32-,33+,35-,36-/m0/s1. The van der Waals surface area contributed by atoms with Crippen LogP contribution in [0, 0.1) is 28.6 Å². The smallest absolute Gasteiger partial charge is 0.261 e. The number of aliphatic hydroxyl groups is 2. The molecule has 4 fully saturated rings. The van der Waals surface area contributed by atoms with Gasteiger partial charge in [0.05, 0.1) is 19.3 Å². The van der Waals surface area contributed by atoms with Crippen molar-refractivity contribution < 1.29 is 24.1 Å². The predicted molar refractivity (Wildman–Crippen MR) is 174 cm³/mol. The molecule has 1 heterocycles. The first kappa shape index (κ1) is 31.4. The van der Waals surface area contributed by atoms with Crippen molar-refractivity contribution in [3.8, 4) is 0 Å². The summed E-state index contributed by atoms with van der Waals surface area (Å²) in [5.74, 6) is 0.151. The topological polar surface area (TPSA) is 68.2 Å². The number of fused-ring (bicyclic) bond motifs is 2. The second-order valence-electron chi connectivity index (χ2n) is 15.5. The number of rotatable bonds is 7. The fraction of sp³-hybridized carbons (Fsp3) is 0.676. The fourth-order valence-electron chi connectivity index (χ4n) is 10.2. The first-order valence-corrected chi connectivity index (χ1v) is 18.8. The molecular formula is C37H54O5Si. The molecule has 6 rings (SSSR count). The number of ether oxygens (including phenoxy) is 2. The molecule has 2 N–H and O–H groups in total. The van der Waals surface area contributed by atoms with Crippen LogP contribution in [0.3, 0.4) is 0 Å². The van der Waals surface area contributed by atoms with E-state index in [0.717, 1.165) is 51.4 Å². The van der Waals surface area contributed by atoms with Gasteiger partial charge in [-0.05, 0) is 83.5 Å². The van der Waals surface area contributed by atoms with Gasteiger partial charge in [0, 0.05) is 24.5 Å². The van der Waals surface area contributed by atoms with Gasteiger partial charge in [-0.3, -0.25) is 0 Å². The van der Waals surface area contributed by atoms with Crippen molar-refractivity contribution in [3.63, 3.8) is 0 Å². The molecular weight excluding hydrogens is 552 g/mol. The van der Waals surface area contributed by atoms with E-state index in [1.807, 2.05) is 0 Å². The molecule has 236 valence electrons. The Morgan fingerprint density at radius 2 is 1.42 bits per heavy atom. The average Bonchev–Trinajstić information content (AvgIpc) is 3.59. The Kier molecular flexibility index (Phi) is 8.53. The zero-order chi connectivity index (χ0) is 30.5. The van der Waals surface area contributed by atoms with Crippen LogP contribution in [0.4, 0.5) is 0 Å². The maximum absolute atomic E-state index is 12.1. The molecule has 0 unspecified atom stereocenters. The van der Waals surface area contributed by atoms with Gasteiger partial charge in [-0.1, -0.05) is 95.3 Å². The second kappa shape index (κ2) is 11.7. The zero-order valence-electron chi connectivity index (χ0n) is 27.1. The van der Waals surface area contributed by atoms with Crippen LogP contribution < -0.4 is 10.4 Å². The summed E-state index contributed by atoms with van der Waals surface area (Å²) in [6.07, 6.45) is 7.19. The van der Waals surface area contributed by atoms with Gasteiger partial charge in [-0.25, -0.2) is 0 Å². The van der Waals surface area contributed by atoms with E-state index in [2.05, 4.69) is 95.3 Å². The molecule has 0 amide bonds. The summed E-state index contributed by atoms with van der Waals surface area (Å²) in [5.41, 5.74) is -0.201. The van der Waals surface area contributed by atoms with Crippen molar-refractivity contribution in [1.29, 1.82) is 0 Å². The Balaban J connectivity index is 1.28. The highest BCUT2D eigenvalue weighted by atomic mass is 28.4. The van der Waals surface area contributed by atoms with Crippen LogP contribution in [-0.4, -0.2) is 56.3 Å². The third kappa shape index (κ3) is 4.99. The molecule has 4 aliphatic rings. The van der Waals surface area contributed by atoms with E-state index < -0.39 is 14.1 Å². The fourth-order valence-corrected chi connectivity index (χ4v) is 15.0. The van der Waals surface area contributed by atoms with E-state index in [1.165, 1.54) is 10.4 Å². The Hall–Kier alpha value is -1.54. The zero-order valence-corrected chi connectivity index (χ0v) is 28.1.